The van der Waals surface area contributed by atoms with E-state index in [1.165, 1.54) is 6.17 Å². The largest absolute Gasteiger partial charge is 0.373 e. The van der Waals surface area contributed by atoms with Gasteiger partial charge in [0.15, 0.2) is 0 Å². The highest BCUT2D eigenvalue weighted by atomic mass is 28.5. The highest BCUT2D eigenvalue weighted by Crippen LogP contribution is 2.17. The van der Waals surface area contributed by atoms with Crippen molar-refractivity contribution in [1.82, 2.24) is 8.80 Å². The number of hydrogen-bond acceptors (Lipinski definition) is 2. The summed E-state index contributed by atoms with van der Waals surface area (Å²) in [7, 11) is 2.22. The van der Waals surface area contributed by atoms with Crippen molar-refractivity contribution in [2.75, 3.05) is 20.3 Å². The van der Waals surface area contributed by atoms with Crippen LogP contribution in [0.2, 0.25) is 39.3 Å². The third-order valence-electron chi connectivity index (χ3n) is 2.39. The van der Waals surface area contributed by atoms with Crippen LogP contribution in [0.3, 0.4) is 0 Å². The maximum atomic E-state index is 2.97. The first-order chi connectivity index (χ1) is 6.05. The average Bonchev–Trinajstić information content (AvgIpc) is 1.78. The van der Waals surface area contributed by atoms with Crippen molar-refractivity contribution in [3.63, 3.8) is 0 Å². The zero-order valence-corrected chi connectivity index (χ0v) is 14.7. The van der Waals surface area contributed by atoms with Crippen molar-refractivity contribution < 1.29 is 0 Å². The van der Waals surface area contributed by atoms with Gasteiger partial charge in [0.1, 0.15) is 16.5 Å². The van der Waals surface area contributed by atoms with Crippen LogP contribution in [0, 0.1) is 0 Å². The van der Waals surface area contributed by atoms with E-state index in [4.69, 9.17) is 0 Å². The molecule has 0 amide bonds. The molecular weight excluding hydrogens is 220 g/mol. The first-order valence-electron chi connectivity index (χ1n) is 5.47. The highest BCUT2D eigenvalue weighted by molar-refractivity contribution is 6.96. The predicted octanol–water partition coefficient (Wildman–Crippen LogP) is 1.56. The number of nitrogens with zero attached hydrogens (tertiary/aromatic N) is 2. The fourth-order valence-electron chi connectivity index (χ4n) is 1.98. The Balaban J connectivity index is 4.44. The molecule has 0 spiro atoms. The zero-order chi connectivity index (χ0) is 11.6. The standard InChI is InChI=1S/C9H28N2Si3/c1-10(2)9-12-11(13(3,4)5)14(6,7)8/h9,12H2,1-8H3. The summed E-state index contributed by atoms with van der Waals surface area (Å²) in [5.74, 6) is 0. The molecule has 0 aromatic carbocycles. The van der Waals surface area contributed by atoms with Crippen LogP contribution >= 0.6 is 0 Å². The van der Waals surface area contributed by atoms with E-state index in [9.17, 15) is 0 Å². The molecule has 0 heterocycles. The summed E-state index contributed by atoms with van der Waals surface area (Å²) in [6, 6.07) is 0. The van der Waals surface area contributed by atoms with E-state index in [0.29, 0.717) is 0 Å². The van der Waals surface area contributed by atoms with Gasteiger partial charge in [0.05, 0.1) is 9.68 Å². The monoisotopic (exact) mass is 248 g/mol. The molecule has 0 aromatic rings. The fraction of sp³-hybridized carbons (Fsp3) is 1.00. The summed E-state index contributed by atoms with van der Waals surface area (Å²) in [6.07, 6.45) is 1.33. The lowest BCUT2D eigenvalue weighted by Gasteiger charge is -2.44. The lowest BCUT2D eigenvalue weighted by molar-refractivity contribution is 0.473. The molecule has 0 aliphatic carbocycles. The summed E-state index contributed by atoms with van der Waals surface area (Å²) in [4.78, 5) is 2.35. The molecule has 0 rings (SSSR count). The van der Waals surface area contributed by atoms with Gasteiger partial charge in [-0.25, -0.2) is 0 Å². The molecule has 0 bridgehead atoms. The van der Waals surface area contributed by atoms with E-state index in [2.05, 4.69) is 62.2 Å². The van der Waals surface area contributed by atoms with Crippen molar-refractivity contribution >= 4 is 26.2 Å². The number of rotatable bonds is 5. The smallest absolute Gasteiger partial charge is 0.105 e. The van der Waals surface area contributed by atoms with Gasteiger partial charge in [0.25, 0.3) is 0 Å². The van der Waals surface area contributed by atoms with Crippen molar-refractivity contribution in [2.24, 2.45) is 0 Å². The molecule has 0 aliphatic heterocycles. The summed E-state index contributed by atoms with van der Waals surface area (Å²) >= 11 is 0. The van der Waals surface area contributed by atoms with Crippen LogP contribution < -0.4 is 0 Å². The van der Waals surface area contributed by atoms with Gasteiger partial charge in [-0.05, 0) is 20.3 Å². The van der Waals surface area contributed by atoms with E-state index in [1.807, 2.05) is 0 Å². The van der Waals surface area contributed by atoms with Gasteiger partial charge in [-0.1, -0.05) is 39.3 Å². The van der Waals surface area contributed by atoms with E-state index in [0.717, 1.165) is 0 Å². The van der Waals surface area contributed by atoms with E-state index < -0.39 is 16.5 Å². The molecule has 0 aromatic heterocycles. The number of hydrogen-bond donors (Lipinski definition) is 0. The molecule has 0 saturated heterocycles. The Morgan fingerprint density at radius 3 is 1.43 bits per heavy atom. The van der Waals surface area contributed by atoms with Gasteiger partial charge in [0, 0.05) is 0 Å². The second kappa shape index (κ2) is 5.07. The Bertz CT molecular complexity index is 156. The first kappa shape index (κ1) is 14.6. The van der Waals surface area contributed by atoms with Crippen LogP contribution in [0.5, 0.6) is 0 Å². The fourth-order valence-corrected chi connectivity index (χ4v) is 16.6. The summed E-state index contributed by atoms with van der Waals surface area (Å²) in [5.41, 5.74) is 0. The Kier molecular flexibility index (Phi) is 5.27. The van der Waals surface area contributed by atoms with Crippen LogP contribution in [0.25, 0.3) is 0 Å². The van der Waals surface area contributed by atoms with E-state index in [1.54, 1.807) is 0 Å². The molecule has 5 heteroatoms. The molecular formula is C9H28N2Si3. The van der Waals surface area contributed by atoms with Crippen LogP contribution in [0.4, 0.5) is 0 Å². The lowest BCUT2D eigenvalue weighted by atomic mass is 11.0. The maximum absolute atomic E-state index is 2.97. The SMILES string of the molecule is CN(C)C[SiH2]N([Si](C)(C)C)[Si](C)(C)C. The summed E-state index contributed by atoms with van der Waals surface area (Å²) < 4.78 is 2.97. The molecule has 2 nitrogen and oxygen atoms in total. The molecule has 0 aliphatic rings. The second-order valence-corrected chi connectivity index (χ2v) is 19.3. The molecule has 0 N–H and O–H groups in total. The molecule has 86 valence electrons. The molecule has 0 atom stereocenters. The minimum atomic E-state index is -1.06. The third-order valence-corrected chi connectivity index (χ3v) is 18.2. The Morgan fingerprint density at radius 2 is 1.21 bits per heavy atom. The highest BCUT2D eigenvalue weighted by Gasteiger charge is 2.33. The van der Waals surface area contributed by atoms with Gasteiger partial charge in [-0.3, -0.25) is 0 Å². The van der Waals surface area contributed by atoms with Gasteiger partial charge in [0.2, 0.25) is 0 Å². The third kappa shape index (κ3) is 5.45. The normalized spacial score (nSPS) is 15.0. The Labute approximate surface area is 94.8 Å². The quantitative estimate of drug-likeness (QED) is 0.682. The van der Waals surface area contributed by atoms with Crippen molar-refractivity contribution in [3.05, 3.63) is 0 Å². The van der Waals surface area contributed by atoms with Crippen LogP contribution in [-0.2, 0) is 0 Å². The second-order valence-electron chi connectivity index (χ2n) is 6.30. The molecule has 0 unspecified atom stereocenters. The predicted molar refractivity (Wildman–Crippen MR) is 75.6 cm³/mol. The van der Waals surface area contributed by atoms with Gasteiger partial charge >= 0.3 is 0 Å². The molecule has 0 saturated carbocycles. The van der Waals surface area contributed by atoms with Crippen LogP contribution in [-0.4, -0.2) is 55.2 Å². The van der Waals surface area contributed by atoms with Crippen molar-refractivity contribution in [3.8, 4) is 0 Å². The van der Waals surface area contributed by atoms with E-state index in [-0.39, 0.29) is 9.68 Å². The molecule has 0 fully saturated rings. The Hall–Kier alpha value is 0.571. The summed E-state index contributed by atoms with van der Waals surface area (Å²) in [5, 5.41) is 0. The minimum absolute atomic E-state index is 0.0478. The summed E-state index contributed by atoms with van der Waals surface area (Å²) in [6.45, 7) is 15.0. The molecule has 0 radical (unpaired) electrons. The topological polar surface area (TPSA) is 6.48 Å². The van der Waals surface area contributed by atoms with Crippen molar-refractivity contribution in [2.45, 2.75) is 39.3 Å². The first-order valence-corrected chi connectivity index (χ1v) is 14.0. The van der Waals surface area contributed by atoms with Crippen LogP contribution in [0.15, 0.2) is 0 Å². The van der Waals surface area contributed by atoms with Gasteiger partial charge < -0.3 is 8.80 Å². The van der Waals surface area contributed by atoms with Crippen molar-refractivity contribution in [1.29, 1.82) is 0 Å². The molecule has 14 heavy (non-hydrogen) atoms. The van der Waals surface area contributed by atoms with Gasteiger partial charge in [-0.2, -0.15) is 0 Å². The van der Waals surface area contributed by atoms with Crippen LogP contribution in [0.1, 0.15) is 0 Å². The lowest BCUT2D eigenvalue weighted by Crippen LogP contribution is -2.62. The minimum Gasteiger partial charge on any atom is -0.373 e. The zero-order valence-electron chi connectivity index (χ0n) is 11.3. The van der Waals surface area contributed by atoms with Gasteiger partial charge in [-0.15, -0.1) is 0 Å². The Morgan fingerprint density at radius 1 is 0.857 bits per heavy atom. The maximum Gasteiger partial charge on any atom is 0.105 e. The average molecular weight is 249 g/mol. The van der Waals surface area contributed by atoms with E-state index >= 15 is 0 Å².